The molecule has 1 fully saturated rings. The van der Waals surface area contributed by atoms with Crippen LogP contribution in [0.1, 0.15) is 57.6 Å². The Hall–Kier alpha value is -1.81. The van der Waals surface area contributed by atoms with E-state index in [1.54, 1.807) is 7.11 Å². The molecule has 1 aliphatic heterocycles. The molecule has 2 N–H and O–H groups in total. The van der Waals surface area contributed by atoms with E-state index in [0.29, 0.717) is 23.9 Å². The van der Waals surface area contributed by atoms with Crippen LogP contribution in [-0.2, 0) is 12.8 Å². The molecule has 0 radical (unpaired) electrons. The summed E-state index contributed by atoms with van der Waals surface area (Å²) in [6, 6.07) is 14.5. The van der Waals surface area contributed by atoms with Crippen molar-refractivity contribution >= 4 is 14.1 Å². The summed E-state index contributed by atoms with van der Waals surface area (Å²) >= 11 is 0. The van der Waals surface area contributed by atoms with Crippen LogP contribution in [0.2, 0.25) is 0 Å². The Morgan fingerprint density at radius 1 is 1.00 bits per heavy atom. The summed E-state index contributed by atoms with van der Waals surface area (Å²) in [4.78, 5) is 20.8. The van der Waals surface area contributed by atoms with Gasteiger partial charge in [0.2, 0.25) is 0 Å². The number of aryl methyl sites for hydroxylation is 2. The summed E-state index contributed by atoms with van der Waals surface area (Å²) in [5.74, 6) is 2.33. The molecule has 2 aromatic rings. The molecule has 0 atom stereocenters. The molecule has 0 spiro atoms. The quantitative estimate of drug-likeness (QED) is 0.370. The first-order valence-corrected chi connectivity index (χ1v) is 14.0. The third-order valence-electron chi connectivity index (χ3n) is 6.61. The Kier molecular flexibility index (Phi) is 10.1. The average Bonchev–Trinajstić information content (AvgIpc) is 2.81. The van der Waals surface area contributed by atoms with E-state index < -0.39 is 8.38 Å². The first kappa shape index (κ1) is 26.8. The van der Waals surface area contributed by atoms with Gasteiger partial charge in [-0.2, -0.15) is 0 Å². The van der Waals surface area contributed by atoms with Gasteiger partial charge < -0.3 is 24.2 Å². The highest BCUT2D eigenvalue weighted by Gasteiger charge is 2.22. The Bertz CT molecular complexity index is 888. The summed E-state index contributed by atoms with van der Waals surface area (Å²) in [5.41, 5.74) is 4.20. The van der Waals surface area contributed by atoms with E-state index in [9.17, 15) is 0 Å². The van der Waals surface area contributed by atoms with Crippen LogP contribution in [0.25, 0.3) is 0 Å². The third-order valence-corrected chi connectivity index (χ3v) is 7.23. The minimum Gasteiger partial charge on any atom is -0.497 e. The number of hydrogen-bond acceptors (Lipinski definition) is 5. The summed E-state index contributed by atoms with van der Waals surface area (Å²) in [5, 5.41) is 0. The van der Waals surface area contributed by atoms with Crippen molar-refractivity contribution < 1.29 is 19.3 Å². The number of anilines is 1. The monoisotopic (exact) mass is 487 g/mol. The molecule has 0 amide bonds. The maximum atomic E-state index is 9.16. The van der Waals surface area contributed by atoms with Crippen LogP contribution < -0.4 is 14.4 Å². The summed E-state index contributed by atoms with van der Waals surface area (Å²) < 4.78 is 11.7. The number of hydrogen-bond donors (Lipinski definition) is 2. The standard InChI is InChI=1S/C28H42NO4P/c1-28(2,3)15-6-8-24-10-11-25(32-4)20-27(24)29-16-12-23(13-17-29)21-33-26-9-5-7-22(19-26)14-18-34(30)31/h5,7,9-11,19-20,23,30-31H,6,8,12-18,21H2,1-4H3. The zero-order chi connectivity index (χ0) is 24.6. The van der Waals surface area contributed by atoms with Gasteiger partial charge in [-0.3, -0.25) is 0 Å². The first-order valence-electron chi connectivity index (χ1n) is 12.5. The van der Waals surface area contributed by atoms with Crippen molar-refractivity contribution in [3.63, 3.8) is 0 Å². The number of rotatable bonds is 11. The van der Waals surface area contributed by atoms with Gasteiger partial charge in [-0.15, -0.1) is 0 Å². The molecule has 2 aromatic carbocycles. The lowest BCUT2D eigenvalue weighted by atomic mass is 9.88. The van der Waals surface area contributed by atoms with E-state index in [4.69, 9.17) is 19.3 Å². The van der Waals surface area contributed by atoms with E-state index in [2.05, 4.69) is 43.9 Å². The lowest BCUT2D eigenvalue weighted by Crippen LogP contribution is -2.36. The minimum absolute atomic E-state index is 0.366. The highest BCUT2D eigenvalue weighted by molar-refractivity contribution is 7.45. The van der Waals surface area contributed by atoms with E-state index in [0.717, 1.165) is 56.0 Å². The number of benzene rings is 2. The molecule has 1 aliphatic rings. The van der Waals surface area contributed by atoms with Gasteiger partial charge in [0.05, 0.1) is 13.7 Å². The number of nitrogens with zero attached hydrogens (tertiary/aromatic N) is 1. The van der Waals surface area contributed by atoms with Gasteiger partial charge in [0.25, 0.3) is 0 Å². The Balaban J connectivity index is 1.53. The molecular formula is C28H42NO4P. The van der Waals surface area contributed by atoms with Gasteiger partial charge in [-0.1, -0.05) is 39.0 Å². The van der Waals surface area contributed by atoms with E-state index in [1.807, 2.05) is 24.3 Å². The zero-order valence-electron chi connectivity index (χ0n) is 21.3. The maximum absolute atomic E-state index is 9.16. The molecule has 34 heavy (non-hydrogen) atoms. The van der Waals surface area contributed by atoms with E-state index in [1.165, 1.54) is 24.1 Å². The Labute approximate surface area is 207 Å². The molecule has 6 heteroatoms. The normalized spacial score (nSPS) is 15.1. The highest BCUT2D eigenvalue weighted by atomic mass is 31.2. The largest absolute Gasteiger partial charge is 0.497 e. The van der Waals surface area contributed by atoms with E-state index in [-0.39, 0.29) is 0 Å². The SMILES string of the molecule is COc1ccc(CCCC(C)(C)C)c(N2CCC(COc3cccc(CCP(O)O)c3)CC2)c1. The Morgan fingerprint density at radius 3 is 2.44 bits per heavy atom. The number of piperidine rings is 1. The molecule has 1 saturated heterocycles. The fraction of sp³-hybridized carbons (Fsp3) is 0.571. The lowest BCUT2D eigenvalue weighted by molar-refractivity contribution is 0.222. The minimum atomic E-state index is -1.84. The average molecular weight is 488 g/mol. The molecular weight excluding hydrogens is 445 g/mol. The van der Waals surface area contributed by atoms with Crippen molar-refractivity contribution in [1.29, 1.82) is 0 Å². The molecule has 0 aromatic heterocycles. The highest BCUT2D eigenvalue weighted by Crippen LogP contribution is 2.32. The zero-order valence-corrected chi connectivity index (χ0v) is 22.2. The fourth-order valence-corrected chi connectivity index (χ4v) is 5.02. The molecule has 0 saturated carbocycles. The summed E-state index contributed by atoms with van der Waals surface area (Å²) in [6.45, 7) is 9.72. The number of methoxy groups -OCH3 is 1. The molecule has 188 valence electrons. The second-order valence-electron chi connectivity index (χ2n) is 10.6. The lowest BCUT2D eigenvalue weighted by Gasteiger charge is -2.35. The summed E-state index contributed by atoms with van der Waals surface area (Å²) in [7, 11) is -0.104. The molecule has 3 rings (SSSR count). The predicted octanol–water partition coefficient (Wildman–Crippen LogP) is 6.20. The van der Waals surface area contributed by atoms with Crippen molar-refractivity contribution in [3.8, 4) is 11.5 Å². The molecule has 0 bridgehead atoms. The van der Waals surface area contributed by atoms with E-state index >= 15 is 0 Å². The first-order chi connectivity index (χ1) is 16.2. The van der Waals surface area contributed by atoms with Gasteiger partial charge in [0.15, 0.2) is 8.38 Å². The van der Waals surface area contributed by atoms with Gasteiger partial charge in [0.1, 0.15) is 11.5 Å². The van der Waals surface area contributed by atoms with Crippen LogP contribution >= 0.6 is 8.38 Å². The van der Waals surface area contributed by atoms with Crippen molar-refractivity contribution in [2.24, 2.45) is 11.3 Å². The van der Waals surface area contributed by atoms with Crippen molar-refractivity contribution in [3.05, 3.63) is 53.6 Å². The van der Waals surface area contributed by atoms with Crippen LogP contribution in [0.3, 0.4) is 0 Å². The van der Waals surface area contributed by atoms with Gasteiger partial charge in [0, 0.05) is 31.0 Å². The van der Waals surface area contributed by atoms with Crippen LogP contribution in [0.15, 0.2) is 42.5 Å². The van der Waals surface area contributed by atoms with Crippen LogP contribution in [0.4, 0.5) is 5.69 Å². The van der Waals surface area contributed by atoms with Crippen LogP contribution in [0.5, 0.6) is 11.5 Å². The summed E-state index contributed by atoms with van der Waals surface area (Å²) in [6.07, 6.45) is 6.80. The second kappa shape index (κ2) is 12.8. The Morgan fingerprint density at radius 2 is 1.76 bits per heavy atom. The van der Waals surface area contributed by atoms with Crippen molar-refractivity contribution in [2.75, 3.05) is 37.9 Å². The van der Waals surface area contributed by atoms with Crippen molar-refractivity contribution in [1.82, 2.24) is 0 Å². The molecule has 1 heterocycles. The number of ether oxygens (including phenoxy) is 2. The van der Waals surface area contributed by atoms with Crippen LogP contribution in [0, 0.1) is 11.3 Å². The second-order valence-corrected chi connectivity index (χ2v) is 11.8. The smallest absolute Gasteiger partial charge is 0.165 e. The van der Waals surface area contributed by atoms with Crippen LogP contribution in [-0.4, -0.2) is 42.8 Å². The maximum Gasteiger partial charge on any atom is 0.165 e. The fourth-order valence-electron chi connectivity index (χ4n) is 4.56. The van der Waals surface area contributed by atoms with Crippen molar-refractivity contribution in [2.45, 2.75) is 59.3 Å². The molecule has 5 nitrogen and oxygen atoms in total. The van der Waals surface area contributed by atoms with Gasteiger partial charge >= 0.3 is 0 Å². The third kappa shape index (κ3) is 8.76. The van der Waals surface area contributed by atoms with Gasteiger partial charge in [-0.25, -0.2) is 0 Å². The predicted molar refractivity (Wildman–Crippen MR) is 142 cm³/mol. The molecule has 0 aliphatic carbocycles. The molecule has 0 unspecified atom stereocenters. The topological polar surface area (TPSA) is 62.2 Å². The van der Waals surface area contributed by atoms with Gasteiger partial charge in [-0.05, 0) is 79.2 Å².